The van der Waals surface area contributed by atoms with Gasteiger partial charge in [-0.1, -0.05) is 99.9 Å². The van der Waals surface area contributed by atoms with E-state index in [-0.39, 0.29) is 17.7 Å². The van der Waals surface area contributed by atoms with E-state index < -0.39 is 20.0 Å². The van der Waals surface area contributed by atoms with Crippen LogP contribution in [0.5, 0.6) is 0 Å². The molecule has 0 aliphatic heterocycles. The highest BCUT2D eigenvalue weighted by molar-refractivity contribution is 6.68. The summed E-state index contributed by atoms with van der Waals surface area (Å²) in [7, 11) is 0. The predicted molar refractivity (Wildman–Crippen MR) is 105 cm³/mol. The first-order valence-electron chi connectivity index (χ1n) is 6.81. The van der Waals surface area contributed by atoms with Crippen molar-refractivity contribution in [2.75, 3.05) is 10.6 Å². The van der Waals surface area contributed by atoms with Crippen molar-refractivity contribution in [3.05, 3.63) is 30.3 Å². The highest BCUT2D eigenvalue weighted by Crippen LogP contribution is 2.32. The van der Waals surface area contributed by atoms with Crippen LogP contribution in [0, 0.1) is 0 Å². The van der Waals surface area contributed by atoms with Gasteiger partial charge in [0.1, 0.15) is 0 Å². The molecule has 0 spiro atoms. The molecule has 26 heavy (non-hydrogen) atoms. The van der Waals surface area contributed by atoms with Crippen LogP contribution in [0.1, 0.15) is 0 Å². The van der Waals surface area contributed by atoms with Gasteiger partial charge in [-0.2, -0.15) is 15.0 Å². The topological polar surface area (TPSA) is 103 Å². The normalized spacial score (nSPS) is 14.6. The van der Waals surface area contributed by atoms with Gasteiger partial charge < -0.3 is 20.8 Å². The van der Waals surface area contributed by atoms with Gasteiger partial charge in [0, 0.05) is 5.56 Å². The van der Waals surface area contributed by atoms with Crippen LogP contribution in [0.2, 0.25) is 0 Å². The van der Waals surface area contributed by atoms with E-state index in [1.54, 1.807) is 24.3 Å². The molecule has 0 saturated heterocycles. The average Bonchev–Trinajstić information content (AvgIpc) is 2.53. The summed E-state index contributed by atoms with van der Waals surface area (Å²) in [6, 6.07) is 8.82. The molecule has 13 heteroatoms. The molecule has 7 nitrogen and oxygen atoms in total. The highest BCUT2D eigenvalue weighted by Gasteiger charge is 2.33. The number of benzene rings is 1. The van der Waals surface area contributed by atoms with Gasteiger partial charge in [-0.05, 0) is 0 Å². The lowest BCUT2D eigenvalue weighted by molar-refractivity contribution is 0.206. The molecule has 1 aromatic carbocycles. The van der Waals surface area contributed by atoms with Crippen LogP contribution in [-0.4, -0.2) is 45.2 Å². The van der Waals surface area contributed by atoms with Crippen LogP contribution in [-0.2, 0) is 0 Å². The summed E-state index contributed by atoms with van der Waals surface area (Å²) in [5.41, 5.74) is 0.618. The predicted octanol–water partition coefficient (Wildman–Crippen LogP) is 3.74. The Morgan fingerprint density at radius 1 is 0.731 bits per heavy atom. The molecular formula is C13H11Cl6N5O2. The fourth-order valence-corrected chi connectivity index (χ4v) is 1.96. The minimum Gasteiger partial charge on any atom is -0.369 e. The van der Waals surface area contributed by atoms with Crippen molar-refractivity contribution in [1.29, 1.82) is 0 Å². The standard InChI is InChI=1S/C13H11Cl6N5O2/c14-12(15,16)8(25)22-10-20-7(6-4-2-1-3-5-6)21-11(24-10)23-9(26)13(17,18)19/h1-5,8-9,25-26H,(H2,20,21,22,23,24). The van der Waals surface area contributed by atoms with Crippen molar-refractivity contribution in [2.24, 2.45) is 0 Å². The van der Waals surface area contributed by atoms with Crippen LogP contribution in [0.15, 0.2) is 30.3 Å². The molecule has 142 valence electrons. The number of aliphatic hydroxyl groups excluding tert-OH is 2. The minimum atomic E-state index is -2.04. The molecule has 0 aliphatic carbocycles. The maximum atomic E-state index is 9.86. The molecule has 1 heterocycles. The molecule has 2 atom stereocenters. The van der Waals surface area contributed by atoms with Crippen molar-refractivity contribution in [2.45, 2.75) is 20.0 Å². The zero-order valence-corrected chi connectivity index (χ0v) is 17.1. The molecule has 0 saturated carbocycles. The highest BCUT2D eigenvalue weighted by atomic mass is 35.6. The Morgan fingerprint density at radius 3 is 1.54 bits per heavy atom. The van der Waals surface area contributed by atoms with E-state index in [2.05, 4.69) is 25.6 Å². The molecule has 2 unspecified atom stereocenters. The third-order valence-electron chi connectivity index (χ3n) is 2.82. The van der Waals surface area contributed by atoms with Crippen molar-refractivity contribution >= 4 is 81.5 Å². The Bertz CT molecular complexity index is 700. The van der Waals surface area contributed by atoms with Crippen molar-refractivity contribution in [3.8, 4) is 11.4 Å². The molecule has 0 aliphatic rings. The summed E-state index contributed by atoms with van der Waals surface area (Å²) in [5, 5.41) is 24.6. The summed E-state index contributed by atoms with van der Waals surface area (Å²) in [6.45, 7) is 0. The number of alkyl halides is 6. The molecule has 0 radical (unpaired) electrons. The Kier molecular flexibility index (Phi) is 7.26. The van der Waals surface area contributed by atoms with Gasteiger partial charge in [-0.25, -0.2) is 0 Å². The first kappa shape index (κ1) is 21.8. The van der Waals surface area contributed by atoms with Gasteiger partial charge >= 0.3 is 0 Å². The number of aromatic nitrogens is 3. The molecule has 2 rings (SSSR count). The van der Waals surface area contributed by atoms with E-state index in [9.17, 15) is 10.2 Å². The van der Waals surface area contributed by atoms with Crippen LogP contribution in [0.25, 0.3) is 11.4 Å². The van der Waals surface area contributed by atoms with Gasteiger partial charge in [-0.15, -0.1) is 0 Å². The lowest BCUT2D eigenvalue weighted by Gasteiger charge is -2.22. The second-order valence-corrected chi connectivity index (χ2v) is 9.59. The summed E-state index contributed by atoms with van der Waals surface area (Å²) in [4.78, 5) is 12.2. The number of aliphatic hydroxyl groups is 2. The fraction of sp³-hybridized carbons (Fsp3) is 0.308. The summed E-state index contributed by atoms with van der Waals surface area (Å²) in [6.07, 6.45) is -3.24. The molecule has 2 aromatic rings. The van der Waals surface area contributed by atoms with Crippen molar-refractivity contribution < 1.29 is 10.2 Å². The van der Waals surface area contributed by atoms with E-state index in [1.807, 2.05) is 6.07 Å². The molecule has 0 amide bonds. The van der Waals surface area contributed by atoms with Crippen molar-refractivity contribution in [3.63, 3.8) is 0 Å². The summed E-state index contributed by atoms with van der Waals surface area (Å²) in [5.74, 6) is -0.0907. The maximum absolute atomic E-state index is 9.86. The molecule has 0 bridgehead atoms. The quantitative estimate of drug-likeness (QED) is 0.381. The number of hydrogen-bond acceptors (Lipinski definition) is 7. The van der Waals surface area contributed by atoms with E-state index in [0.717, 1.165) is 0 Å². The first-order chi connectivity index (χ1) is 12.0. The first-order valence-corrected chi connectivity index (χ1v) is 9.08. The minimum absolute atomic E-state index is 0.142. The second-order valence-electron chi connectivity index (χ2n) is 4.85. The Balaban J connectivity index is 2.39. The fourth-order valence-electron chi connectivity index (χ4n) is 1.63. The maximum Gasteiger partial charge on any atom is 0.234 e. The average molecular weight is 482 g/mol. The van der Waals surface area contributed by atoms with Crippen molar-refractivity contribution in [1.82, 2.24) is 15.0 Å². The molecule has 1 aromatic heterocycles. The van der Waals surface area contributed by atoms with Gasteiger partial charge in [0.05, 0.1) is 0 Å². The van der Waals surface area contributed by atoms with Gasteiger partial charge in [0.2, 0.25) is 19.5 Å². The zero-order valence-electron chi connectivity index (χ0n) is 12.5. The Labute approximate surface area is 178 Å². The monoisotopic (exact) mass is 479 g/mol. The van der Waals surface area contributed by atoms with Crippen LogP contribution < -0.4 is 10.6 Å². The van der Waals surface area contributed by atoms with E-state index >= 15 is 0 Å². The number of halogens is 6. The second kappa shape index (κ2) is 8.67. The van der Waals surface area contributed by atoms with Crippen LogP contribution >= 0.6 is 69.6 Å². The van der Waals surface area contributed by atoms with Crippen LogP contribution in [0.3, 0.4) is 0 Å². The van der Waals surface area contributed by atoms with Gasteiger partial charge in [0.15, 0.2) is 18.3 Å². The zero-order chi connectivity index (χ0) is 19.5. The number of rotatable bonds is 5. The number of hydrogen-bond donors (Lipinski definition) is 4. The number of nitrogens with zero attached hydrogens (tertiary/aromatic N) is 3. The SMILES string of the molecule is OC(Nc1nc(NC(O)C(Cl)(Cl)Cl)nc(-c2ccccc2)n1)C(Cl)(Cl)Cl. The molecular weight excluding hydrogens is 471 g/mol. The number of anilines is 2. The van der Waals surface area contributed by atoms with Gasteiger partial charge in [0.25, 0.3) is 0 Å². The summed E-state index contributed by atoms with van der Waals surface area (Å²) < 4.78 is -4.07. The molecule has 0 fully saturated rings. The molecule has 4 N–H and O–H groups in total. The third kappa shape index (κ3) is 6.28. The smallest absolute Gasteiger partial charge is 0.234 e. The number of nitrogens with one attached hydrogen (secondary N) is 2. The summed E-state index contributed by atoms with van der Waals surface area (Å²) >= 11 is 33.7. The van der Waals surface area contributed by atoms with Crippen LogP contribution in [0.4, 0.5) is 11.9 Å². The lowest BCUT2D eigenvalue weighted by atomic mass is 10.2. The largest absolute Gasteiger partial charge is 0.369 e. The van der Waals surface area contributed by atoms with E-state index in [4.69, 9.17) is 69.6 Å². The third-order valence-corrected chi connectivity index (χ3v) is 4.06. The Hall–Kier alpha value is -0.510. The van der Waals surface area contributed by atoms with Gasteiger partial charge in [-0.3, -0.25) is 0 Å². The van der Waals surface area contributed by atoms with E-state index in [1.165, 1.54) is 0 Å². The Morgan fingerprint density at radius 2 is 1.15 bits per heavy atom. The van der Waals surface area contributed by atoms with E-state index in [0.29, 0.717) is 5.56 Å². The lowest BCUT2D eigenvalue weighted by Crippen LogP contribution is -2.35.